The number of nitrogen functional groups attached to an aromatic ring is 1. The Labute approximate surface area is 117 Å². The molecule has 0 unspecified atom stereocenters. The van der Waals surface area contributed by atoms with Crippen molar-refractivity contribution in [3.05, 3.63) is 58.1 Å². The number of aryl methyl sites for hydroxylation is 1. The van der Waals surface area contributed by atoms with Crippen molar-refractivity contribution >= 4 is 22.7 Å². The molecule has 5 heteroatoms. The van der Waals surface area contributed by atoms with Crippen LogP contribution in [0.5, 0.6) is 0 Å². The highest BCUT2D eigenvalue weighted by Crippen LogP contribution is 2.37. The molecule has 0 aromatic heterocycles. The number of anilines is 3. The summed E-state index contributed by atoms with van der Waals surface area (Å²) in [6.07, 6.45) is 0. The fraction of sp³-hybridized carbons (Fsp3) is 0.200. The Morgan fingerprint density at radius 3 is 2.55 bits per heavy atom. The minimum atomic E-state index is -0.427. The van der Waals surface area contributed by atoms with E-state index in [2.05, 4.69) is 0 Å². The molecule has 0 saturated carbocycles. The monoisotopic (exact) mass is 271 g/mol. The number of hydrogen-bond donors (Lipinski definition) is 1. The molecule has 0 spiro atoms. The van der Waals surface area contributed by atoms with Gasteiger partial charge in [0.15, 0.2) is 0 Å². The molecule has 0 aliphatic carbocycles. The van der Waals surface area contributed by atoms with Gasteiger partial charge >= 0.3 is 5.69 Å². The summed E-state index contributed by atoms with van der Waals surface area (Å²) in [4.78, 5) is 12.7. The molecule has 0 bridgehead atoms. The molecule has 2 N–H and O–H groups in total. The predicted octanol–water partition coefficient (Wildman–Crippen LogP) is 3.64. The van der Waals surface area contributed by atoms with E-state index >= 15 is 0 Å². The zero-order chi connectivity index (χ0) is 14.7. The van der Waals surface area contributed by atoms with Crippen molar-refractivity contribution in [1.82, 2.24) is 0 Å². The third kappa shape index (κ3) is 2.56. The van der Waals surface area contributed by atoms with Gasteiger partial charge in [-0.1, -0.05) is 18.2 Å². The molecule has 0 heterocycles. The van der Waals surface area contributed by atoms with Gasteiger partial charge < -0.3 is 10.6 Å². The SMILES string of the molecule is CCN(c1cccc(C)c1)c1cccc(N)c1[N+](=O)[O-]. The number of nitro benzene ring substituents is 1. The molecule has 0 saturated heterocycles. The second kappa shape index (κ2) is 5.61. The van der Waals surface area contributed by atoms with Crippen LogP contribution in [0, 0.1) is 17.0 Å². The molecule has 2 aromatic rings. The Hall–Kier alpha value is -2.56. The van der Waals surface area contributed by atoms with E-state index in [-0.39, 0.29) is 11.4 Å². The summed E-state index contributed by atoms with van der Waals surface area (Å²) in [6, 6.07) is 12.9. The minimum Gasteiger partial charge on any atom is -0.393 e. The lowest BCUT2D eigenvalue weighted by Gasteiger charge is -2.23. The lowest BCUT2D eigenvalue weighted by Crippen LogP contribution is -2.18. The molecule has 104 valence electrons. The van der Waals surface area contributed by atoms with Gasteiger partial charge in [0.1, 0.15) is 11.4 Å². The van der Waals surface area contributed by atoms with Crippen molar-refractivity contribution in [2.75, 3.05) is 17.2 Å². The maximum Gasteiger partial charge on any atom is 0.315 e. The Balaban J connectivity index is 2.58. The van der Waals surface area contributed by atoms with Gasteiger partial charge in [-0.2, -0.15) is 0 Å². The van der Waals surface area contributed by atoms with E-state index in [4.69, 9.17) is 5.73 Å². The number of rotatable bonds is 4. The number of nitrogens with two attached hydrogens (primary N) is 1. The largest absolute Gasteiger partial charge is 0.393 e. The van der Waals surface area contributed by atoms with Crippen molar-refractivity contribution < 1.29 is 4.92 Å². The fourth-order valence-electron chi connectivity index (χ4n) is 2.25. The molecule has 0 aliphatic rings. The van der Waals surface area contributed by atoms with Gasteiger partial charge in [0.25, 0.3) is 0 Å². The lowest BCUT2D eigenvalue weighted by molar-refractivity contribution is -0.383. The van der Waals surface area contributed by atoms with E-state index < -0.39 is 4.92 Å². The summed E-state index contributed by atoms with van der Waals surface area (Å²) in [7, 11) is 0. The van der Waals surface area contributed by atoms with Gasteiger partial charge in [-0.15, -0.1) is 0 Å². The first kappa shape index (κ1) is 13.9. The van der Waals surface area contributed by atoms with Crippen LogP contribution in [0.15, 0.2) is 42.5 Å². The molecule has 20 heavy (non-hydrogen) atoms. The quantitative estimate of drug-likeness (QED) is 0.523. The summed E-state index contributed by atoms with van der Waals surface area (Å²) in [5.41, 5.74) is 8.43. The molecule has 2 rings (SSSR count). The number of nitro groups is 1. The Morgan fingerprint density at radius 1 is 1.25 bits per heavy atom. The zero-order valence-corrected chi connectivity index (χ0v) is 11.5. The van der Waals surface area contributed by atoms with Crippen LogP contribution in [0.4, 0.5) is 22.7 Å². The van der Waals surface area contributed by atoms with Gasteiger partial charge in [-0.3, -0.25) is 10.1 Å². The van der Waals surface area contributed by atoms with E-state index in [1.165, 1.54) is 0 Å². The van der Waals surface area contributed by atoms with Crippen LogP contribution in [0.25, 0.3) is 0 Å². The van der Waals surface area contributed by atoms with Crippen LogP contribution in [0.1, 0.15) is 12.5 Å². The second-order valence-electron chi connectivity index (χ2n) is 4.56. The molecule has 5 nitrogen and oxygen atoms in total. The Bertz CT molecular complexity index is 641. The smallest absolute Gasteiger partial charge is 0.315 e. The van der Waals surface area contributed by atoms with Crippen LogP contribution >= 0.6 is 0 Å². The highest BCUT2D eigenvalue weighted by atomic mass is 16.6. The summed E-state index contributed by atoms with van der Waals surface area (Å²) >= 11 is 0. The van der Waals surface area contributed by atoms with E-state index in [1.54, 1.807) is 18.2 Å². The predicted molar refractivity (Wildman–Crippen MR) is 81.4 cm³/mol. The van der Waals surface area contributed by atoms with Crippen LogP contribution in [0.2, 0.25) is 0 Å². The number of nitrogens with zero attached hydrogens (tertiary/aromatic N) is 2. The highest BCUT2D eigenvalue weighted by Gasteiger charge is 2.22. The highest BCUT2D eigenvalue weighted by molar-refractivity contribution is 5.80. The first-order valence-corrected chi connectivity index (χ1v) is 6.41. The molecular weight excluding hydrogens is 254 g/mol. The fourth-order valence-corrected chi connectivity index (χ4v) is 2.25. The van der Waals surface area contributed by atoms with Gasteiger partial charge in [-0.25, -0.2) is 0 Å². The average Bonchev–Trinajstić information content (AvgIpc) is 2.39. The molecule has 0 atom stereocenters. The summed E-state index contributed by atoms with van der Waals surface area (Å²) in [5, 5.41) is 11.3. The summed E-state index contributed by atoms with van der Waals surface area (Å²) in [6.45, 7) is 4.56. The number of benzene rings is 2. The summed E-state index contributed by atoms with van der Waals surface area (Å²) < 4.78 is 0. The zero-order valence-electron chi connectivity index (χ0n) is 11.5. The maximum atomic E-state index is 11.3. The maximum absolute atomic E-state index is 11.3. The molecule has 0 aliphatic heterocycles. The first-order valence-electron chi connectivity index (χ1n) is 6.41. The van der Waals surface area contributed by atoms with Gasteiger partial charge in [0, 0.05) is 12.2 Å². The molecule has 0 fully saturated rings. The van der Waals surface area contributed by atoms with Crippen molar-refractivity contribution in [2.24, 2.45) is 0 Å². The summed E-state index contributed by atoms with van der Waals surface area (Å²) in [5.74, 6) is 0. The lowest BCUT2D eigenvalue weighted by atomic mass is 10.1. The van der Waals surface area contributed by atoms with E-state index in [0.29, 0.717) is 12.2 Å². The number of para-hydroxylation sites is 1. The topological polar surface area (TPSA) is 72.4 Å². The van der Waals surface area contributed by atoms with Crippen LogP contribution in [0.3, 0.4) is 0 Å². The number of hydrogen-bond acceptors (Lipinski definition) is 4. The van der Waals surface area contributed by atoms with E-state index in [1.807, 2.05) is 43.0 Å². The van der Waals surface area contributed by atoms with Crippen molar-refractivity contribution in [3.63, 3.8) is 0 Å². The first-order chi connectivity index (χ1) is 9.54. The Morgan fingerprint density at radius 2 is 1.95 bits per heavy atom. The van der Waals surface area contributed by atoms with Crippen LogP contribution in [-0.2, 0) is 0 Å². The standard InChI is InChI=1S/C15H17N3O2/c1-3-17(12-7-4-6-11(2)10-12)14-9-5-8-13(16)15(14)18(19)20/h4-10H,3,16H2,1-2H3. The van der Waals surface area contributed by atoms with Crippen molar-refractivity contribution in [3.8, 4) is 0 Å². The normalized spacial score (nSPS) is 10.3. The van der Waals surface area contributed by atoms with Gasteiger partial charge in [-0.05, 0) is 43.7 Å². The van der Waals surface area contributed by atoms with Crippen molar-refractivity contribution in [1.29, 1.82) is 0 Å². The molecule has 0 radical (unpaired) electrons. The average molecular weight is 271 g/mol. The molecule has 2 aromatic carbocycles. The minimum absolute atomic E-state index is 0.0455. The van der Waals surface area contributed by atoms with E-state index in [9.17, 15) is 10.1 Å². The van der Waals surface area contributed by atoms with Gasteiger partial charge in [0.05, 0.1) is 4.92 Å². The third-order valence-corrected chi connectivity index (χ3v) is 3.15. The van der Waals surface area contributed by atoms with Gasteiger partial charge in [0.2, 0.25) is 0 Å². The van der Waals surface area contributed by atoms with Crippen LogP contribution < -0.4 is 10.6 Å². The third-order valence-electron chi connectivity index (χ3n) is 3.15. The molecular formula is C15H17N3O2. The Kier molecular flexibility index (Phi) is 3.89. The van der Waals surface area contributed by atoms with Crippen LogP contribution in [-0.4, -0.2) is 11.5 Å². The second-order valence-corrected chi connectivity index (χ2v) is 4.56. The van der Waals surface area contributed by atoms with E-state index in [0.717, 1.165) is 11.3 Å². The molecule has 0 amide bonds. The van der Waals surface area contributed by atoms with Crippen molar-refractivity contribution in [2.45, 2.75) is 13.8 Å².